The number of rotatable bonds is 2. The molecule has 5 rings (SSSR count). The van der Waals surface area contributed by atoms with E-state index in [4.69, 9.17) is 14.2 Å². The fourth-order valence-electron chi connectivity index (χ4n) is 4.06. The number of hydrogen-bond acceptors (Lipinski definition) is 5. The summed E-state index contributed by atoms with van der Waals surface area (Å²) in [6, 6.07) is 9.37. The molecule has 0 bridgehead atoms. The molecular formula is C21H21NO5S. The van der Waals surface area contributed by atoms with E-state index in [2.05, 4.69) is 4.72 Å². The lowest BCUT2D eigenvalue weighted by Crippen LogP contribution is -2.29. The van der Waals surface area contributed by atoms with Gasteiger partial charge in [0.25, 0.3) is 0 Å². The van der Waals surface area contributed by atoms with E-state index in [0.29, 0.717) is 18.0 Å². The summed E-state index contributed by atoms with van der Waals surface area (Å²) in [4.78, 5) is 0. The highest BCUT2D eigenvalue weighted by Crippen LogP contribution is 2.54. The van der Waals surface area contributed by atoms with E-state index >= 15 is 0 Å². The molecule has 0 amide bonds. The topological polar surface area (TPSA) is 73.9 Å². The highest BCUT2D eigenvalue weighted by atomic mass is 32.2. The summed E-state index contributed by atoms with van der Waals surface area (Å²) in [5, 5.41) is 0. The van der Waals surface area contributed by atoms with Crippen LogP contribution in [0.3, 0.4) is 0 Å². The summed E-state index contributed by atoms with van der Waals surface area (Å²) in [6.07, 6.45) is 5.04. The monoisotopic (exact) mass is 399 g/mol. The molecule has 146 valence electrons. The van der Waals surface area contributed by atoms with Gasteiger partial charge in [-0.3, -0.25) is 4.72 Å². The van der Waals surface area contributed by atoms with Crippen LogP contribution in [0.25, 0.3) is 6.08 Å². The van der Waals surface area contributed by atoms with Gasteiger partial charge >= 0.3 is 0 Å². The second-order valence-corrected chi connectivity index (χ2v) is 9.77. The van der Waals surface area contributed by atoms with Crippen molar-refractivity contribution in [3.05, 3.63) is 53.1 Å². The Kier molecular flexibility index (Phi) is 3.53. The van der Waals surface area contributed by atoms with Crippen LogP contribution >= 0.6 is 0 Å². The molecule has 2 aromatic rings. The third-order valence-electron chi connectivity index (χ3n) is 5.26. The Hall–Kier alpha value is -2.67. The normalized spacial score (nSPS) is 23.2. The zero-order valence-electron chi connectivity index (χ0n) is 15.9. The standard InChI is InChI=1S/C21H21NO5S/c1-21(2)9-8-14-17(27-21)7-6-15-19(14)25-11-16-13-5-4-12(22-28(3,23)24)10-18(13)26-20(15)16/h4-10,16,20,22H,11H2,1-3H3/t16-,20-/m0/s1. The summed E-state index contributed by atoms with van der Waals surface area (Å²) in [5.41, 5.74) is 3.10. The number of anilines is 1. The summed E-state index contributed by atoms with van der Waals surface area (Å²) in [5.74, 6) is 2.36. The third-order valence-corrected chi connectivity index (χ3v) is 5.87. The van der Waals surface area contributed by atoms with Crippen molar-refractivity contribution in [1.82, 2.24) is 0 Å². The van der Waals surface area contributed by atoms with Crippen LogP contribution in [0.1, 0.15) is 42.6 Å². The van der Waals surface area contributed by atoms with E-state index in [1.54, 1.807) is 12.1 Å². The lowest BCUT2D eigenvalue weighted by molar-refractivity contribution is 0.134. The second-order valence-electron chi connectivity index (χ2n) is 8.02. The van der Waals surface area contributed by atoms with E-state index in [9.17, 15) is 8.42 Å². The molecule has 6 nitrogen and oxygen atoms in total. The predicted octanol–water partition coefficient (Wildman–Crippen LogP) is 3.85. The SMILES string of the molecule is CC1(C)C=Cc2c(ccc3c2OC[C@H]2c4ccc(NS(C)(=O)=O)cc4O[C@@H]32)O1. The van der Waals surface area contributed by atoms with Crippen LogP contribution in [0.15, 0.2) is 36.4 Å². The Morgan fingerprint density at radius 1 is 1.11 bits per heavy atom. The van der Waals surface area contributed by atoms with Crippen molar-refractivity contribution >= 4 is 21.8 Å². The molecule has 0 radical (unpaired) electrons. The van der Waals surface area contributed by atoms with E-state index in [1.165, 1.54) is 0 Å². The van der Waals surface area contributed by atoms with Gasteiger partial charge < -0.3 is 14.2 Å². The molecule has 0 aromatic heterocycles. The van der Waals surface area contributed by atoms with Crippen LogP contribution in [0.5, 0.6) is 17.2 Å². The molecule has 7 heteroatoms. The second kappa shape index (κ2) is 5.67. The van der Waals surface area contributed by atoms with Crippen LogP contribution in [-0.2, 0) is 10.0 Å². The minimum Gasteiger partial charge on any atom is -0.492 e. The molecule has 0 fully saturated rings. The summed E-state index contributed by atoms with van der Waals surface area (Å²) in [7, 11) is -3.34. The van der Waals surface area contributed by atoms with Crippen molar-refractivity contribution in [3.8, 4) is 17.2 Å². The van der Waals surface area contributed by atoms with Crippen LogP contribution in [0.4, 0.5) is 5.69 Å². The van der Waals surface area contributed by atoms with Crippen molar-refractivity contribution in [2.24, 2.45) is 0 Å². The van der Waals surface area contributed by atoms with Crippen LogP contribution in [0, 0.1) is 0 Å². The van der Waals surface area contributed by atoms with E-state index in [0.717, 1.165) is 34.4 Å². The number of ether oxygens (including phenoxy) is 3. The van der Waals surface area contributed by atoms with Gasteiger partial charge in [-0.15, -0.1) is 0 Å². The number of fused-ring (bicyclic) bond motifs is 7. The van der Waals surface area contributed by atoms with E-state index in [-0.39, 0.29) is 17.6 Å². The van der Waals surface area contributed by atoms with Crippen LogP contribution in [0.2, 0.25) is 0 Å². The molecule has 2 aromatic carbocycles. The van der Waals surface area contributed by atoms with Crippen molar-refractivity contribution in [2.75, 3.05) is 17.6 Å². The molecule has 0 saturated heterocycles. The molecule has 1 N–H and O–H groups in total. The minimum absolute atomic E-state index is 0.0674. The highest BCUT2D eigenvalue weighted by Gasteiger charge is 2.42. The van der Waals surface area contributed by atoms with Gasteiger partial charge in [0.15, 0.2) is 0 Å². The quantitative estimate of drug-likeness (QED) is 0.830. The first kappa shape index (κ1) is 17.4. The van der Waals surface area contributed by atoms with Crippen molar-refractivity contribution in [1.29, 1.82) is 0 Å². The molecular weight excluding hydrogens is 378 g/mol. The highest BCUT2D eigenvalue weighted by molar-refractivity contribution is 7.92. The first-order valence-electron chi connectivity index (χ1n) is 9.16. The largest absolute Gasteiger partial charge is 0.492 e. The van der Waals surface area contributed by atoms with Gasteiger partial charge in [0.05, 0.1) is 30.0 Å². The van der Waals surface area contributed by atoms with Gasteiger partial charge in [0.2, 0.25) is 10.0 Å². The predicted molar refractivity (Wildman–Crippen MR) is 107 cm³/mol. The maximum absolute atomic E-state index is 11.5. The van der Waals surface area contributed by atoms with E-state index in [1.807, 2.05) is 44.2 Å². The average molecular weight is 399 g/mol. The maximum atomic E-state index is 11.5. The molecule has 0 saturated carbocycles. The molecule has 3 heterocycles. The van der Waals surface area contributed by atoms with Gasteiger partial charge in [-0.1, -0.05) is 6.07 Å². The summed E-state index contributed by atoms with van der Waals surface area (Å²) >= 11 is 0. The van der Waals surface area contributed by atoms with Crippen LogP contribution < -0.4 is 18.9 Å². The maximum Gasteiger partial charge on any atom is 0.229 e. The van der Waals surface area contributed by atoms with Crippen molar-refractivity contribution in [3.63, 3.8) is 0 Å². The molecule has 0 aliphatic carbocycles. The lowest BCUT2D eigenvalue weighted by Gasteiger charge is -2.33. The zero-order chi connectivity index (χ0) is 19.7. The lowest BCUT2D eigenvalue weighted by atomic mass is 9.87. The fraction of sp³-hybridized carbons (Fsp3) is 0.333. The minimum atomic E-state index is -3.34. The number of nitrogens with one attached hydrogen (secondary N) is 1. The number of hydrogen-bond donors (Lipinski definition) is 1. The van der Waals surface area contributed by atoms with Gasteiger partial charge in [-0.05, 0) is 44.2 Å². The van der Waals surface area contributed by atoms with Gasteiger partial charge in [0.1, 0.15) is 29.0 Å². The fourth-order valence-corrected chi connectivity index (χ4v) is 4.62. The molecule has 0 spiro atoms. The smallest absolute Gasteiger partial charge is 0.229 e. The van der Waals surface area contributed by atoms with Gasteiger partial charge in [-0.2, -0.15) is 0 Å². The number of sulfonamides is 1. The van der Waals surface area contributed by atoms with Crippen LogP contribution in [-0.4, -0.2) is 26.9 Å². The van der Waals surface area contributed by atoms with Crippen molar-refractivity contribution < 1.29 is 22.6 Å². The molecule has 3 aliphatic rings. The first-order valence-corrected chi connectivity index (χ1v) is 11.1. The van der Waals surface area contributed by atoms with Gasteiger partial charge in [-0.25, -0.2) is 8.42 Å². The Balaban J connectivity index is 1.52. The summed E-state index contributed by atoms with van der Waals surface area (Å²) < 4.78 is 44.0. The first-order chi connectivity index (χ1) is 13.2. The van der Waals surface area contributed by atoms with E-state index < -0.39 is 10.0 Å². The third kappa shape index (κ3) is 2.81. The summed E-state index contributed by atoms with van der Waals surface area (Å²) in [6.45, 7) is 4.53. The molecule has 3 aliphatic heterocycles. The number of benzene rings is 2. The van der Waals surface area contributed by atoms with Gasteiger partial charge in [0, 0.05) is 17.2 Å². The Morgan fingerprint density at radius 2 is 1.89 bits per heavy atom. The molecule has 2 atom stereocenters. The molecule has 28 heavy (non-hydrogen) atoms. The Labute approximate surface area is 164 Å². The Morgan fingerprint density at radius 3 is 2.68 bits per heavy atom. The average Bonchev–Trinajstić information content (AvgIpc) is 2.96. The van der Waals surface area contributed by atoms with Crippen molar-refractivity contribution in [2.45, 2.75) is 31.5 Å². The zero-order valence-corrected chi connectivity index (χ0v) is 16.7. The Bertz CT molecular complexity index is 1120. The molecule has 0 unspecified atom stereocenters.